The molecule has 1 aromatic rings. The lowest BCUT2D eigenvalue weighted by molar-refractivity contribution is -0.118. The minimum atomic E-state index is -0.0494. The Morgan fingerprint density at radius 1 is 1.47 bits per heavy atom. The van der Waals surface area contributed by atoms with Crippen LogP contribution >= 0.6 is 0 Å². The molecule has 0 aliphatic carbocycles. The Kier molecular flexibility index (Phi) is 5.29. The molecule has 1 heterocycles. The van der Waals surface area contributed by atoms with Crippen LogP contribution in [0.25, 0.3) is 0 Å². The molecule has 0 saturated carbocycles. The smallest absolute Gasteiger partial charge is 0.140 e. The Morgan fingerprint density at radius 2 is 2.11 bits per heavy atom. The third-order valence-electron chi connectivity index (χ3n) is 3.03. The SMILES string of the molecule is CCn1nc(C)cc1CC(=O)CC(N)CC(C)(C)C. The number of Topliss-reactive ketones (excluding diaryl/α,β-unsaturated/α-hetero) is 1. The van der Waals surface area contributed by atoms with Gasteiger partial charge in [-0.3, -0.25) is 9.48 Å². The number of ketones is 1. The van der Waals surface area contributed by atoms with Crippen LogP contribution in [-0.2, 0) is 17.8 Å². The van der Waals surface area contributed by atoms with E-state index in [0.717, 1.165) is 24.4 Å². The van der Waals surface area contributed by atoms with Gasteiger partial charge >= 0.3 is 0 Å². The second kappa shape index (κ2) is 6.33. The molecule has 2 N–H and O–H groups in total. The highest BCUT2D eigenvalue weighted by Gasteiger charge is 2.19. The highest BCUT2D eigenvalue weighted by molar-refractivity contribution is 5.81. The van der Waals surface area contributed by atoms with Crippen molar-refractivity contribution in [1.82, 2.24) is 9.78 Å². The van der Waals surface area contributed by atoms with E-state index < -0.39 is 0 Å². The Bertz CT molecular complexity index is 429. The summed E-state index contributed by atoms with van der Waals surface area (Å²) in [6.07, 6.45) is 1.75. The van der Waals surface area contributed by atoms with Crippen LogP contribution in [0.2, 0.25) is 0 Å². The molecule has 19 heavy (non-hydrogen) atoms. The van der Waals surface area contributed by atoms with Gasteiger partial charge in [0.25, 0.3) is 0 Å². The number of aryl methyl sites for hydroxylation is 2. The van der Waals surface area contributed by atoms with E-state index in [-0.39, 0.29) is 17.2 Å². The van der Waals surface area contributed by atoms with Crippen molar-refractivity contribution in [3.05, 3.63) is 17.5 Å². The number of nitrogens with zero attached hydrogens (tertiary/aromatic N) is 2. The van der Waals surface area contributed by atoms with Gasteiger partial charge in [-0.15, -0.1) is 0 Å². The van der Waals surface area contributed by atoms with E-state index >= 15 is 0 Å². The highest BCUT2D eigenvalue weighted by Crippen LogP contribution is 2.21. The molecule has 108 valence electrons. The number of nitrogens with two attached hydrogens (primary N) is 1. The molecule has 0 aliphatic heterocycles. The van der Waals surface area contributed by atoms with Crippen LogP contribution in [0.1, 0.15) is 51.9 Å². The summed E-state index contributed by atoms with van der Waals surface area (Å²) in [4.78, 5) is 12.1. The van der Waals surface area contributed by atoms with Crippen molar-refractivity contribution in [2.45, 2.75) is 66.5 Å². The molecule has 0 saturated heterocycles. The first kappa shape index (κ1) is 15.9. The maximum atomic E-state index is 12.1. The number of hydrogen-bond acceptors (Lipinski definition) is 3. The molecule has 1 rings (SSSR count). The minimum absolute atomic E-state index is 0.0494. The van der Waals surface area contributed by atoms with Gasteiger partial charge in [0.1, 0.15) is 5.78 Å². The van der Waals surface area contributed by atoms with Crippen molar-refractivity contribution in [1.29, 1.82) is 0 Å². The van der Waals surface area contributed by atoms with Crippen LogP contribution in [0, 0.1) is 12.3 Å². The van der Waals surface area contributed by atoms with Crippen molar-refractivity contribution in [2.24, 2.45) is 11.1 Å². The Morgan fingerprint density at radius 3 is 2.63 bits per heavy atom. The fraction of sp³-hybridized carbons (Fsp3) is 0.733. The Hall–Kier alpha value is -1.16. The predicted octanol–water partition coefficient (Wildman–Crippen LogP) is 2.48. The molecule has 4 nitrogen and oxygen atoms in total. The van der Waals surface area contributed by atoms with Crippen molar-refractivity contribution >= 4 is 5.78 Å². The summed E-state index contributed by atoms with van der Waals surface area (Å²) in [5.74, 6) is 0.200. The van der Waals surface area contributed by atoms with Gasteiger partial charge in [-0.05, 0) is 31.7 Å². The largest absolute Gasteiger partial charge is 0.327 e. The molecule has 1 atom stereocenters. The standard InChI is InChI=1S/C15H27N3O/c1-6-18-13(7-11(2)17-18)9-14(19)8-12(16)10-15(3,4)5/h7,12H,6,8-10,16H2,1-5H3. The maximum absolute atomic E-state index is 12.1. The zero-order valence-corrected chi connectivity index (χ0v) is 12.9. The molecule has 4 heteroatoms. The summed E-state index contributed by atoms with van der Waals surface area (Å²) >= 11 is 0. The van der Waals surface area contributed by atoms with E-state index in [0.29, 0.717) is 12.8 Å². The monoisotopic (exact) mass is 265 g/mol. The number of aromatic nitrogens is 2. The van der Waals surface area contributed by atoms with E-state index in [2.05, 4.69) is 25.9 Å². The Balaban J connectivity index is 2.55. The molecule has 0 aliphatic rings. The summed E-state index contributed by atoms with van der Waals surface area (Å²) in [6.45, 7) is 11.2. The average molecular weight is 265 g/mol. The predicted molar refractivity (Wildman–Crippen MR) is 78.0 cm³/mol. The molecule has 0 amide bonds. The molecule has 0 aromatic carbocycles. The van der Waals surface area contributed by atoms with Crippen LogP contribution < -0.4 is 5.73 Å². The van der Waals surface area contributed by atoms with Gasteiger partial charge < -0.3 is 5.73 Å². The van der Waals surface area contributed by atoms with Crippen molar-refractivity contribution in [3.8, 4) is 0 Å². The van der Waals surface area contributed by atoms with E-state index in [1.807, 2.05) is 24.6 Å². The second-order valence-corrected chi connectivity index (χ2v) is 6.54. The topological polar surface area (TPSA) is 60.9 Å². The number of carbonyl (C=O) groups is 1. The second-order valence-electron chi connectivity index (χ2n) is 6.54. The number of rotatable bonds is 6. The van der Waals surface area contributed by atoms with E-state index in [1.54, 1.807) is 0 Å². The fourth-order valence-corrected chi connectivity index (χ4v) is 2.44. The van der Waals surface area contributed by atoms with E-state index in [9.17, 15) is 4.79 Å². The van der Waals surface area contributed by atoms with Gasteiger partial charge in [0, 0.05) is 31.1 Å². The van der Waals surface area contributed by atoms with E-state index in [4.69, 9.17) is 5.73 Å². The summed E-state index contributed by atoms with van der Waals surface area (Å²) in [5.41, 5.74) is 8.17. The lowest BCUT2D eigenvalue weighted by atomic mass is 9.86. The van der Waals surface area contributed by atoms with Crippen LogP contribution in [0.3, 0.4) is 0 Å². The lowest BCUT2D eigenvalue weighted by Crippen LogP contribution is -2.29. The molecule has 0 radical (unpaired) electrons. The third-order valence-corrected chi connectivity index (χ3v) is 3.03. The summed E-state index contributed by atoms with van der Waals surface area (Å²) in [6, 6.07) is 1.93. The third kappa shape index (κ3) is 5.55. The fourth-order valence-electron chi connectivity index (χ4n) is 2.44. The molecular formula is C15H27N3O. The molecule has 0 spiro atoms. The lowest BCUT2D eigenvalue weighted by Gasteiger charge is -2.22. The van der Waals surface area contributed by atoms with Crippen molar-refractivity contribution in [3.63, 3.8) is 0 Å². The van der Waals surface area contributed by atoms with Gasteiger partial charge in [-0.25, -0.2) is 0 Å². The summed E-state index contributed by atoms with van der Waals surface area (Å²) < 4.78 is 1.89. The first-order valence-electron chi connectivity index (χ1n) is 7.02. The first-order chi connectivity index (χ1) is 8.71. The van der Waals surface area contributed by atoms with Crippen LogP contribution in [-0.4, -0.2) is 21.6 Å². The highest BCUT2D eigenvalue weighted by atomic mass is 16.1. The van der Waals surface area contributed by atoms with Crippen molar-refractivity contribution < 1.29 is 4.79 Å². The minimum Gasteiger partial charge on any atom is -0.327 e. The quantitative estimate of drug-likeness (QED) is 0.859. The average Bonchev–Trinajstić information content (AvgIpc) is 2.55. The zero-order valence-electron chi connectivity index (χ0n) is 12.9. The van der Waals surface area contributed by atoms with Crippen LogP contribution in [0.4, 0.5) is 0 Å². The molecule has 1 aromatic heterocycles. The first-order valence-corrected chi connectivity index (χ1v) is 7.02. The van der Waals surface area contributed by atoms with Gasteiger partial charge in [-0.2, -0.15) is 5.10 Å². The Labute approximate surface area is 116 Å². The van der Waals surface area contributed by atoms with Gasteiger partial charge in [0.05, 0.1) is 5.69 Å². The summed E-state index contributed by atoms with van der Waals surface area (Å²) in [7, 11) is 0. The molecule has 0 fully saturated rings. The van der Waals surface area contributed by atoms with Crippen LogP contribution in [0.5, 0.6) is 0 Å². The maximum Gasteiger partial charge on any atom is 0.140 e. The summed E-state index contributed by atoms with van der Waals surface area (Å²) in [5, 5.41) is 4.35. The molecular weight excluding hydrogens is 238 g/mol. The normalized spacial score (nSPS) is 13.6. The van der Waals surface area contributed by atoms with Gasteiger partial charge in [-0.1, -0.05) is 20.8 Å². The number of hydrogen-bond donors (Lipinski definition) is 1. The molecule has 1 unspecified atom stereocenters. The molecule has 0 bridgehead atoms. The van der Waals surface area contributed by atoms with Crippen LogP contribution in [0.15, 0.2) is 6.07 Å². The van der Waals surface area contributed by atoms with Gasteiger partial charge in [0.15, 0.2) is 0 Å². The van der Waals surface area contributed by atoms with E-state index in [1.165, 1.54) is 0 Å². The van der Waals surface area contributed by atoms with Gasteiger partial charge in [0.2, 0.25) is 0 Å². The van der Waals surface area contributed by atoms with Crippen molar-refractivity contribution in [2.75, 3.05) is 0 Å². The number of carbonyl (C=O) groups excluding carboxylic acids is 1. The zero-order chi connectivity index (χ0) is 14.6.